The van der Waals surface area contributed by atoms with Gasteiger partial charge in [0.15, 0.2) is 6.23 Å². The van der Waals surface area contributed by atoms with Crippen LogP contribution in [0.4, 0.5) is 11.5 Å². The van der Waals surface area contributed by atoms with Crippen LogP contribution in [0.3, 0.4) is 0 Å². The Morgan fingerprint density at radius 2 is 1.85 bits per heavy atom. The third-order valence-electron chi connectivity index (χ3n) is 7.48. The van der Waals surface area contributed by atoms with E-state index in [1.807, 2.05) is 70.4 Å². The number of aliphatic hydroxyl groups is 2. The van der Waals surface area contributed by atoms with Gasteiger partial charge in [-0.25, -0.2) is 4.99 Å². The number of pyridine rings is 1. The van der Waals surface area contributed by atoms with E-state index >= 15 is 0 Å². The Balaban J connectivity index is 1.21. The standard InChI is InChI=1S/C31H32N6O4/c1-20-27(38)28(39)31(41-20)37-18-24(21-8-3-2-4-9-21)25-17-36(19-34-29(25)37)35-26-12-6-5-10-22(26)13-15-33-30(40)23-11-7-14-32-16-23/h2-12,14,16,18-20,27-28,31,35,38-39H,13,15,17H2,1H3,(H,33,40)/t20-,27-,28-,31-/m1/s1. The van der Waals surface area contributed by atoms with Crippen LogP contribution in [0.25, 0.3) is 11.1 Å². The Bertz CT molecular complexity index is 1540. The number of carbonyl (C=O) groups excluding carboxylic acids is 1. The lowest BCUT2D eigenvalue weighted by Crippen LogP contribution is -2.32. The summed E-state index contributed by atoms with van der Waals surface area (Å²) in [6, 6.07) is 21.4. The molecule has 4 N–H and O–H groups in total. The van der Waals surface area contributed by atoms with Crippen LogP contribution in [0.2, 0.25) is 0 Å². The van der Waals surface area contributed by atoms with Gasteiger partial charge in [0.2, 0.25) is 0 Å². The molecular weight excluding hydrogens is 520 g/mol. The van der Waals surface area contributed by atoms with Crippen LogP contribution in [-0.4, -0.2) is 61.9 Å². The first-order valence-electron chi connectivity index (χ1n) is 13.6. The SMILES string of the molecule is C[C@H]1O[C@@H](n2cc(-c3ccccc3)c3c2N=CN(Nc2ccccc2CCNC(=O)c2cccnc2)C3)[C@H](O)[C@@H]1O. The van der Waals surface area contributed by atoms with Gasteiger partial charge >= 0.3 is 0 Å². The number of rotatable bonds is 8. The first-order chi connectivity index (χ1) is 20.0. The molecule has 0 bridgehead atoms. The third-order valence-corrected chi connectivity index (χ3v) is 7.48. The van der Waals surface area contributed by atoms with Gasteiger partial charge in [-0.1, -0.05) is 48.5 Å². The minimum atomic E-state index is -1.07. The van der Waals surface area contributed by atoms with Crippen LogP contribution in [-0.2, 0) is 17.7 Å². The number of ether oxygens (including phenoxy) is 1. The van der Waals surface area contributed by atoms with E-state index in [2.05, 4.69) is 15.7 Å². The highest BCUT2D eigenvalue weighted by molar-refractivity contribution is 5.93. The number of fused-ring (bicyclic) bond motifs is 1. The molecule has 0 aliphatic carbocycles. The molecule has 2 aromatic heterocycles. The molecule has 1 fully saturated rings. The molecule has 4 atom stereocenters. The molecule has 10 heteroatoms. The summed E-state index contributed by atoms with van der Waals surface area (Å²) in [6.45, 7) is 2.72. The van der Waals surface area contributed by atoms with Gasteiger partial charge in [-0.3, -0.25) is 20.2 Å². The number of nitrogens with one attached hydrogen (secondary N) is 2. The van der Waals surface area contributed by atoms with Gasteiger partial charge in [-0.2, -0.15) is 0 Å². The molecule has 0 saturated carbocycles. The first-order valence-corrected chi connectivity index (χ1v) is 13.6. The summed E-state index contributed by atoms with van der Waals surface area (Å²) in [7, 11) is 0. The third kappa shape index (κ3) is 5.45. The van der Waals surface area contributed by atoms with Crippen molar-refractivity contribution >= 4 is 23.8 Å². The van der Waals surface area contributed by atoms with E-state index in [9.17, 15) is 15.0 Å². The van der Waals surface area contributed by atoms with E-state index < -0.39 is 24.5 Å². The lowest BCUT2D eigenvalue weighted by Gasteiger charge is -2.27. The fourth-order valence-corrected chi connectivity index (χ4v) is 5.29. The van der Waals surface area contributed by atoms with Crippen molar-refractivity contribution in [1.82, 2.24) is 19.9 Å². The van der Waals surface area contributed by atoms with E-state index in [0.29, 0.717) is 30.9 Å². The van der Waals surface area contributed by atoms with Gasteiger partial charge in [-0.05, 0) is 42.7 Å². The van der Waals surface area contributed by atoms with Crippen LogP contribution < -0.4 is 10.7 Å². The van der Waals surface area contributed by atoms with Crippen molar-refractivity contribution in [2.45, 2.75) is 44.4 Å². The van der Waals surface area contributed by atoms with Crippen molar-refractivity contribution < 1.29 is 19.7 Å². The number of aliphatic hydroxyl groups excluding tert-OH is 2. The van der Waals surface area contributed by atoms with Crippen molar-refractivity contribution in [1.29, 1.82) is 0 Å². The maximum absolute atomic E-state index is 12.4. The fraction of sp³-hybridized carbons (Fsp3) is 0.258. The normalized spacial score (nSPS) is 21.5. The van der Waals surface area contributed by atoms with Gasteiger partial charge in [0.05, 0.1) is 23.9 Å². The number of anilines is 1. The number of hydrogen-bond donors (Lipinski definition) is 4. The molecule has 0 unspecified atom stereocenters. The number of hydrogen-bond acceptors (Lipinski definition) is 8. The van der Waals surface area contributed by atoms with Crippen molar-refractivity contribution in [2.24, 2.45) is 4.99 Å². The second-order valence-corrected chi connectivity index (χ2v) is 10.2. The smallest absolute Gasteiger partial charge is 0.252 e. The van der Waals surface area contributed by atoms with Crippen molar-refractivity contribution in [2.75, 3.05) is 12.0 Å². The van der Waals surface area contributed by atoms with Gasteiger partial charge in [0, 0.05) is 36.3 Å². The van der Waals surface area contributed by atoms with Crippen LogP contribution in [0.5, 0.6) is 0 Å². The Labute approximate surface area is 237 Å². The molecule has 6 rings (SSSR count). The lowest BCUT2D eigenvalue weighted by molar-refractivity contribution is -0.0308. The number of hydrazine groups is 1. The summed E-state index contributed by atoms with van der Waals surface area (Å²) >= 11 is 0. The quantitative estimate of drug-likeness (QED) is 0.263. The van der Waals surface area contributed by atoms with E-state index in [1.165, 1.54) is 0 Å². The Morgan fingerprint density at radius 3 is 2.61 bits per heavy atom. The van der Waals surface area contributed by atoms with Gasteiger partial charge in [-0.15, -0.1) is 0 Å². The highest BCUT2D eigenvalue weighted by Crippen LogP contribution is 2.41. The zero-order chi connectivity index (χ0) is 28.3. The van der Waals surface area contributed by atoms with Gasteiger partial charge in [0.25, 0.3) is 5.91 Å². The second-order valence-electron chi connectivity index (χ2n) is 10.2. The van der Waals surface area contributed by atoms with E-state index in [-0.39, 0.29) is 5.91 Å². The molecule has 210 valence electrons. The predicted octanol–water partition coefficient (Wildman–Crippen LogP) is 3.66. The van der Waals surface area contributed by atoms with Crippen molar-refractivity contribution in [3.8, 4) is 11.1 Å². The van der Waals surface area contributed by atoms with E-state index in [1.54, 1.807) is 37.8 Å². The molecule has 10 nitrogen and oxygen atoms in total. The monoisotopic (exact) mass is 552 g/mol. The Hall–Kier alpha value is -4.51. The highest BCUT2D eigenvalue weighted by atomic mass is 16.6. The molecule has 4 heterocycles. The van der Waals surface area contributed by atoms with E-state index in [0.717, 1.165) is 27.9 Å². The number of nitrogens with zero attached hydrogens (tertiary/aromatic N) is 4. The second kappa shape index (κ2) is 11.5. The molecule has 1 saturated heterocycles. The zero-order valence-electron chi connectivity index (χ0n) is 22.6. The Kier molecular flexibility index (Phi) is 7.51. The maximum Gasteiger partial charge on any atom is 0.252 e. The maximum atomic E-state index is 12.4. The minimum absolute atomic E-state index is 0.157. The van der Waals surface area contributed by atoms with Crippen LogP contribution in [0, 0.1) is 0 Å². The molecule has 1 amide bonds. The minimum Gasteiger partial charge on any atom is -0.388 e. The summed E-state index contributed by atoms with van der Waals surface area (Å²) in [4.78, 5) is 21.2. The summed E-state index contributed by atoms with van der Waals surface area (Å²) in [5, 5.41) is 25.9. The number of para-hydroxylation sites is 1. The molecule has 2 aromatic carbocycles. The van der Waals surface area contributed by atoms with Gasteiger partial charge < -0.3 is 24.8 Å². The molecule has 41 heavy (non-hydrogen) atoms. The molecule has 4 aromatic rings. The summed E-state index contributed by atoms with van der Waals surface area (Å²) in [5.74, 6) is 0.522. The number of amides is 1. The zero-order valence-corrected chi connectivity index (χ0v) is 22.6. The fourth-order valence-electron chi connectivity index (χ4n) is 5.29. The van der Waals surface area contributed by atoms with Crippen molar-refractivity contribution in [3.63, 3.8) is 0 Å². The van der Waals surface area contributed by atoms with Crippen LogP contribution in [0.1, 0.15) is 34.6 Å². The van der Waals surface area contributed by atoms with Gasteiger partial charge in [0.1, 0.15) is 24.4 Å². The largest absolute Gasteiger partial charge is 0.388 e. The lowest BCUT2D eigenvalue weighted by atomic mass is 10.0. The van der Waals surface area contributed by atoms with E-state index in [4.69, 9.17) is 9.73 Å². The van der Waals surface area contributed by atoms with Crippen LogP contribution in [0.15, 0.2) is 90.3 Å². The number of carbonyl (C=O) groups is 1. The Morgan fingerprint density at radius 1 is 1.05 bits per heavy atom. The molecule has 2 aliphatic rings. The number of aliphatic imine (C=N–C) groups is 1. The topological polar surface area (TPSA) is 124 Å². The number of aromatic nitrogens is 2. The average Bonchev–Trinajstić information content (AvgIpc) is 3.50. The molecule has 0 radical (unpaired) electrons. The summed E-state index contributed by atoms with van der Waals surface area (Å²) in [6.07, 6.45) is 4.20. The highest BCUT2D eigenvalue weighted by Gasteiger charge is 2.43. The molecule has 2 aliphatic heterocycles. The molecular formula is C31H32N6O4. The number of benzene rings is 2. The first kappa shape index (κ1) is 26.7. The van der Waals surface area contributed by atoms with Crippen molar-refractivity contribution in [3.05, 3.63) is 102 Å². The molecule has 0 spiro atoms. The van der Waals surface area contributed by atoms with Crippen LogP contribution >= 0.6 is 0 Å². The summed E-state index contributed by atoms with van der Waals surface area (Å²) in [5.41, 5.74) is 8.91. The summed E-state index contributed by atoms with van der Waals surface area (Å²) < 4.78 is 7.76. The predicted molar refractivity (Wildman–Crippen MR) is 155 cm³/mol. The average molecular weight is 553 g/mol.